The average molecular weight is 544 g/mol. The maximum atomic E-state index is 6.59. The molecule has 0 aliphatic carbocycles. The first-order chi connectivity index (χ1) is 15.4. The van der Waals surface area contributed by atoms with Gasteiger partial charge in [-0.3, -0.25) is 0 Å². The minimum absolute atomic E-state index is 0. The van der Waals surface area contributed by atoms with Crippen LogP contribution in [0.4, 0.5) is 0 Å². The summed E-state index contributed by atoms with van der Waals surface area (Å²) in [5, 5.41) is 1.94. The zero-order valence-corrected chi connectivity index (χ0v) is 23.9. The maximum absolute atomic E-state index is 6.59. The monoisotopic (exact) mass is 544 g/mol. The molecule has 11 heteroatoms. The second kappa shape index (κ2) is 10.6. The van der Waals surface area contributed by atoms with Gasteiger partial charge in [0.25, 0.3) is 0 Å². The summed E-state index contributed by atoms with van der Waals surface area (Å²) >= 11 is 6.23. The van der Waals surface area contributed by atoms with Crippen molar-refractivity contribution in [3.63, 3.8) is 0 Å². The number of benzene rings is 2. The molecule has 0 amide bonds. The number of nitrogens with zero attached hydrogens (tertiary/aromatic N) is 4. The Morgan fingerprint density at radius 3 is 1.97 bits per heavy atom. The summed E-state index contributed by atoms with van der Waals surface area (Å²) in [6.07, 6.45) is 0. The van der Waals surface area contributed by atoms with Crippen LogP contribution < -0.4 is 57.6 Å². The van der Waals surface area contributed by atoms with Gasteiger partial charge in [0.15, 0.2) is 0 Å². The molecule has 4 aromatic rings. The van der Waals surface area contributed by atoms with E-state index in [1.54, 1.807) is 35.4 Å². The van der Waals surface area contributed by atoms with Gasteiger partial charge in [-0.25, -0.2) is 0 Å². The summed E-state index contributed by atoms with van der Waals surface area (Å²) in [6, 6.07) is 5.55. The van der Waals surface area contributed by atoms with Gasteiger partial charge < -0.3 is 1.43 Å². The summed E-state index contributed by atoms with van der Waals surface area (Å²) in [6.45, 7) is 3.66. The third kappa shape index (κ3) is 4.85. The number of ether oxygens (including phenoxy) is 4. The number of halogens is 1. The third-order valence-corrected chi connectivity index (χ3v) is 7.41. The Hall–Kier alpha value is -1.87. The Labute approximate surface area is 226 Å². The van der Waals surface area contributed by atoms with Gasteiger partial charge in [-0.2, -0.15) is 0 Å². The Balaban J connectivity index is 0.00000204. The van der Waals surface area contributed by atoms with Crippen molar-refractivity contribution in [1.82, 2.24) is 19.9 Å². The summed E-state index contributed by atoms with van der Waals surface area (Å²) in [7, 11) is 6.39. The van der Waals surface area contributed by atoms with Crippen molar-refractivity contribution in [2.45, 2.75) is 13.8 Å². The van der Waals surface area contributed by atoms with Crippen LogP contribution in [0.15, 0.2) is 18.2 Å². The number of aromatic nitrogens is 4. The van der Waals surface area contributed by atoms with E-state index in [0.29, 0.717) is 45.3 Å². The zero-order chi connectivity index (χ0) is 23.0. The molecule has 0 saturated heterocycles. The predicted molar refractivity (Wildman–Crippen MR) is 126 cm³/mol. The van der Waals surface area contributed by atoms with Crippen LogP contribution in [0.5, 0.6) is 23.0 Å². The quantitative estimate of drug-likeness (QED) is 0.241. The Morgan fingerprint density at radius 2 is 1.33 bits per heavy atom. The van der Waals surface area contributed by atoms with Gasteiger partial charge in [0.05, 0.1) is 0 Å². The molecule has 0 unspecified atom stereocenters. The van der Waals surface area contributed by atoms with Crippen LogP contribution in [0, 0.1) is 13.8 Å². The number of rotatable bonds is 6. The van der Waals surface area contributed by atoms with Crippen LogP contribution in [0.3, 0.4) is 0 Å². The molecule has 0 atom stereocenters. The van der Waals surface area contributed by atoms with Crippen LogP contribution >= 0.6 is 11.6 Å². The van der Waals surface area contributed by atoms with Gasteiger partial charge in [-0.15, -0.1) is 0 Å². The molecule has 168 valence electrons. The Bertz CT molecular complexity index is 1360. The molecule has 0 N–H and O–H groups in total. The van der Waals surface area contributed by atoms with Gasteiger partial charge >= 0.3 is 226 Å². The fourth-order valence-electron chi connectivity index (χ4n) is 3.44. The van der Waals surface area contributed by atoms with E-state index in [4.69, 9.17) is 35.5 Å². The van der Waals surface area contributed by atoms with Crippen molar-refractivity contribution in [3.8, 4) is 23.0 Å². The molecule has 8 nitrogen and oxygen atoms in total. The van der Waals surface area contributed by atoms with Crippen LogP contribution in [0.1, 0.15) is 13.1 Å². The van der Waals surface area contributed by atoms with Gasteiger partial charge in [0.2, 0.25) is 0 Å². The molecule has 0 aliphatic rings. The molecule has 0 spiro atoms. The molecule has 0 fully saturated rings. The third-order valence-electron chi connectivity index (χ3n) is 4.83. The first-order valence-corrected chi connectivity index (χ1v) is 11.7. The molecular weight excluding hydrogens is 522 g/mol. The normalized spacial score (nSPS) is 10.8. The summed E-state index contributed by atoms with van der Waals surface area (Å²) in [5.41, 5.74) is 1.45. The fraction of sp³-hybridized carbons (Fsp3) is 0.273. The molecule has 2 aromatic carbocycles. The molecule has 0 bridgehead atoms. The van der Waals surface area contributed by atoms with E-state index in [1.807, 2.05) is 25.1 Å². The standard InChI is InChI=1S/C22H21ClN4O4Se.Na.H/c1-10-25-14-9-17(30-5)19(31-6)20(18(14)21(23)26-10)32-22-12-7-15(28-3)16(29-4)8-13(12)24-11(2)27-22;;/h7-9H,1-6H3;;/q;+1;-1. The average Bonchev–Trinajstić information content (AvgIpc) is 2.77. The van der Waals surface area contributed by atoms with Crippen molar-refractivity contribution in [3.05, 3.63) is 35.0 Å². The topological polar surface area (TPSA) is 88.5 Å². The van der Waals surface area contributed by atoms with Gasteiger partial charge in [-0.05, 0) is 0 Å². The molecule has 2 aromatic heterocycles. The molecule has 0 saturated carbocycles. The molecule has 0 radical (unpaired) electrons. The number of methoxy groups -OCH3 is 4. The minimum atomic E-state index is -0.355. The number of hydrogen-bond donors (Lipinski definition) is 0. The maximum Gasteiger partial charge on any atom is 1.00 e. The van der Waals surface area contributed by atoms with E-state index in [2.05, 4.69) is 15.0 Å². The molecule has 0 aliphatic heterocycles. The molecular formula is C22H22ClN4NaO4Se. The predicted octanol–water partition coefficient (Wildman–Crippen LogP) is -0.351. The van der Waals surface area contributed by atoms with E-state index in [-0.39, 0.29) is 45.9 Å². The van der Waals surface area contributed by atoms with E-state index >= 15 is 0 Å². The zero-order valence-electron chi connectivity index (χ0n) is 20.4. The van der Waals surface area contributed by atoms with E-state index < -0.39 is 0 Å². The fourth-order valence-corrected chi connectivity index (χ4v) is 6.45. The first-order valence-electron chi connectivity index (χ1n) is 9.57. The molecule has 2 heterocycles. The van der Waals surface area contributed by atoms with Crippen LogP contribution in [-0.2, 0) is 0 Å². The van der Waals surface area contributed by atoms with E-state index in [0.717, 1.165) is 25.3 Å². The second-order valence-electron chi connectivity index (χ2n) is 6.80. The van der Waals surface area contributed by atoms with Crippen molar-refractivity contribution < 1.29 is 49.9 Å². The minimum Gasteiger partial charge on any atom is -1.00 e. The van der Waals surface area contributed by atoms with Gasteiger partial charge in [0.1, 0.15) is 0 Å². The smallest absolute Gasteiger partial charge is 1.00 e. The Morgan fingerprint density at radius 1 is 0.758 bits per heavy atom. The molecule has 4 rings (SSSR count). The number of fused-ring (bicyclic) bond motifs is 2. The van der Waals surface area contributed by atoms with Crippen molar-refractivity contribution in [1.29, 1.82) is 0 Å². The summed E-state index contributed by atoms with van der Waals surface area (Å²) in [5.74, 6) is 3.58. The first kappa shape index (κ1) is 25.7. The Kier molecular flexibility index (Phi) is 8.26. The van der Waals surface area contributed by atoms with Crippen LogP contribution in [-0.4, -0.2) is 63.3 Å². The summed E-state index contributed by atoms with van der Waals surface area (Å²) in [4.78, 5) is 18.3. The molecule has 33 heavy (non-hydrogen) atoms. The second-order valence-corrected chi connectivity index (χ2v) is 9.25. The van der Waals surface area contributed by atoms with E-state index in [9.17, 15) is 0 Å². The largest absolute Gasteiger partial charge is 1.00 e. The van der Waals surface area contributed by atoms with Gasteiger partial charge in [-0.1, -0.05) is 0 Å². The SMILES string of the molecule is COc1cc2nc(C)nc([Se]c3c(OC)c(OC)cc4nc(C)nc(Cl)c34)c2cc1OC.[H-].[Na+]. The number of aryl methyl sites for hydroxylation is 2. The van der Waals surface area contributed by atoms with Gasteiger partial charge in [0, 0.05) is 0 Å². The van der Waals surface area contributed by atoms with Crippen molar-refractivity contribution in [2.24, 2.45) is 0 Å². The summed E-state index contributed by atoms with van der Waals surface area (Å²) < 4.78 is 24.0. The van der Waals surface area contributed by atoms with Crippen molar-refractivity contribution in [2.75, 3.05) is 28.4 Å². The van der Waals surface area contributed by atoms with Crippen LogP contribution in [0.2, 0.25) is 5.15 Å². The van der Waals surface area contributed by atoms with E-state index in [1.165, 1.54) is 0 Å². The van der Waals surface area contributed by atoms with Crippen molar-refractivity contribution >= 4 is 57.4 Å². The van der Waals surface area contributed by atoms with Crippen LogP contribution in [0.25, 0.3) is 21.8 Å². The number of hydrogen-bond acceptors (Lipinski definition) is 8.